The number of nitrogens with zero attached hydrogens (tertiary/aromatic N) is 3. The average Bonchev–Trinajstić information content (AvgIpc) is 3.29. The molecule has 3 amide bonds. The number of amides is 3. The SMILES string of the molecule is COc1ccccc1-c1ccc(N2C(=O)Nc3c(C(=O)N[C@@H]4CCCN(C)C4)sc4nccc2c34)c(C)c1. The number of aromatic nitrogens is 1. The van der Waals surface area contributed by atoms with Crippen molar-refractivity contribution in [3.05, 3.63) is 65.2 Å². The molecule has 1 fully saturated rings. The van der Waals surface area contributed by atoms with Crippen LogP contribution in [0, 0.1) is 6.92 Å². The highest BCUT2D eigenvalue weighted by Gasteiger charge is 2.34. The summed E-state index contributed by atoms with van der Waals surface area (Å²) in [5, 5.41) is 6.96. The smallest absolute Gasteiger partial charge is 0.331 e. The van der Waals surface area contributed by atoms with Gasteiger partial charge in [-0.15, -0.1) is 11.3 Å². The van der Waals surface area contributed by atoms with Gasteiger partial charge in [0.1, 0.15) is 15.5 Å². The molecule has 2 aromatic heterocycles. The van der Waals surface area contributed by atoms with E-state index in [-0.39, 0.29) is 18.0 Å². The minimum Gasteiger partial charge on any atom is -0.496 e. The number of likely N-dealkylation sites (tertiary alicyclic amines) is 1. The fourth-order valence-corrected chi connectivity index (χ4v) is 6.50. The number of para-hydroxylation sites is 1. The van der Waals surface area contributed by atoms with Crippen molar-refractivity contribution in [3.8, 4) is 16.9 Å². The van der Waals surface area contributed by atoms with Gasteiger partial charge in [-0.3, -0.25) is 9.69 Å². The predicted molar refractivity (Wildman–Crippen MR) is 152 cm³/mol. The number of urea groups is 1. The summed E-state index contributed by atoms with van der Waals surface area (Å²) >= 11 is 1.32. The number of pyridine rings is 1. The van der Waals surface area contributed by atoms with Crippen molar-refractivity contribution in [2.75, 3.05) is 37.5 Å². The van der Waals surface area contributed by atoms with Gasteiger partial charge in [0.2, 0.25) is 0 Å². The monoisotopic (exact) mass is 527 g/mol. The molecule has 0 bridgehead atoms. The van der Waals surface area contributed by atoms with E-state index in [2.05, 4.69) is 33.6 Å². The van der Waals surface area contributed by atoms with Crippen molar-refractivity contribution in [2.24, 2.45) is 0 Å². The summed E-state index contributed by atoms with van der Waals surface area (Å²) < 4.78 is 5.54. The van der Waals surface area contributed by atoms with E-state index >= 15 is 0 Å². The standard InChI is InChI=1S/C29H29N5O3S/c1-17-15-18(20-8-4-5-9-23(20)37-3)10-11-21(17)34-22-12-13-30-28-24(22)25(32-29(34)36)26(38-28)27(35)31-19-7-6-14-33(2)16-19/h4-5,8-13,15,19H,6-7,14,16H2,1-3H3,(H,31,35)(H,32,36)/t19-/m1/s1. The maximum Gasteiger partial charge on any atom is 0.331 e. The van der Waals surface area contributed by atoms with Gasteiger partial charge in [0.05, 0.1) is 29.6 Å². The number of rotatable bonds is 5. The number of benzene rings is 2. The molecule has 4 aromatic rings. The Morgan fingerprint density at radius 1 is 1.18 bits per heavy atom. The second kappa shape index (κ2) is 9.74. The van der Waals surface area contributed by atoms with Crippen LogP contribution in [0.2, 0.25) is 0 Å². The number of methoxy groups -OCH3 is 1. The van der Waals surface area contributed by atoms with Crippen LogP contribution in [0.4, 0.5) is 21.9 Å². The molecule has 2 aliphatic heterocycles. The van der Waals surface area contributed by atoms with Crippen molar-refractivity contribution < 1.29 is 14.3 Å². The number of carbonyl (C=O) groups excluding carboxylic acids is 2. The lowest BCUT2D eigenvalue weighted by atomic mass is 10.0. The third-order valence-electron chi connectivity index (χ3n) is 7.27. The molecule has 9 heteroatoms. The third kappa shape index (κ3) is 4.17. The van der Waals surface area contributed by atoms with Crippen molar-refractivity contribution in [1.82, 2.24) is 15.2 Å². The third-order valence-corrected chi connectivity index (χ3v) is 8.36. The Labute approximate surface area is 225 Å². The largest absolute Gasteiger partial charge is 0.496 e. The zero-order valence-corrected chi connectivity index (χ0v) is 22.4. The van der Waals surface area contributed by atoms with Crippen molar-refractivity contribution >= 4 is 50.6 Å². The van der Waals surface area contributed by atoms with Gasteiger partial charge in [-0.25, -0.2) is 9.78 Å². The molecule has 0 radical (unpaired) electrons. The van der Waals surface area contributed by atoms with Crippen LogP contribution in [0.1, 0.15) is 28.1 Å². The van der Waals surface area contributed by atoms with Crippen LogP contribution in [0.25, 0.3) is 21.3 Å². The molecular weight excluding hydrogens is 498 g/mol. The minimum atomic E-state index is -0.303. The maximum atomic E-state index is 13.6. The van der Waals surface area contributed by atoms with Crippen LogP contribution in [0.5, 0.6) is 5.75 Å². The van der Waals surface area contributed by atoms with Crippen LogP contribution in [0.15, 0.2) is 54.7 Å². The molecule has 8 nitrogen and oxygen atoms in total. The molecule has 4 heterocycles. The number of aryl methyl sites for hydroxylation is 1. The van der Waals surface area contributed by atoms with Crippen LogP contribution in [-0.2, 0) is 0 Å². The molecule has 2 aliphatic rings. The zero-order chi connectivity index (χ0) is 26.4. The van der Waals surface area contributed by atoms with Crippen molar-refractivity contribution in [2.45, 2.75) is 25.8 Å². The van der Waals surface area contributed by atoms with Gasteiger partial charge in [0, 0.05) is 24.3 Å². The maximum absolute atomic E-state index is 13.6. The van der Waals surface area contributed by atoms with E-state index in [4.69, 9.17) is 4.74 Å². The van der Waals surface area contributed by atoms with Gasteiger partial charge in [-0.2, -0.15) is 0 Å². The second-order valence-electron chi connectivity index (χ2n) is 9.86. The van der Waals surface area contributed by atoms with Gasteiger partial charge < -0.3 is 20.3 Å². The fraction of sp³-hybridized carbons (Fsp3) is 0.276. The lowest BCUT2D eigenvalue weighted by Gasteiger charge is -2.31. The molecule has 2 aromatic carbocycles. The summed E-state index contributed by atoms with van der Waals surface area (Å²) in [4.78, 5) is 36.5. The van der Waals surface area contributed by atoms with Crippen LogP contribution in [0.3, 0.4) is 0 Å². The highest BCUT2D eigenvalue weighted by Crippen LogP contribution is 2.46. The lowest BCUT2D eigenvalue weighted by molar-refractivity contribution is 0.0917. The van der Waals surface area contributed by atoms with E-state index in [1.54, 1.807) is 18.2 Å². The van der Waals surface area contributed by atoms with E-state index in [1.807, 2.05) is 49.4 Å². The Hall–Kier alpha value is -3.95. The number of ether oxygens (including phenoxy) is 1. The number of anilines is 3. The van der Waals surface area contributed by atoms with Crippen molar-refractivity contribution in [1.29, 1.82) is 0 Å². The van der Waals surface area contributed by atoms with Crippen LogP contribution < -0.4 is 20.3 Å². The predicted octanol–water partition coefficient (Wildman–Crippen LogP) is 5.79. The molecule has 0 aliphatic carbocycles. The molecule has 0 spiro atoms. The first-order chi connectivity index (χ1) is 18.4. The second-order valence-corrected chi connectivity index (χ2v) is 10.9. The van der Waals surface area contributed by atoms with E-state index in [0.717, 1.165) is 70.0 Å². The summed E-state index contributed by atoms with van der Waals surface area (Å²) in [5.41, 5.74) is 4.95. The van der Waals surface area contributed by atoms with Gasteiger partial charge in [0.15, 0.2) is 0 Å². The Morgan fingerprint density at radius 2 is 2.03 bits per heavy atom. The average molecular weight is 528 g/mol. The van der Waals surface area contributed by atoms with Crippen LogP contribution >= 0.6 is 11.3 Å². The summed E-state index contributed by atoms with van der Waals surface area (Å²) in [6.07, 6.45) is 3.69. The first-order valence-corrected chi connectivity index (χ1v) is 13.5. The molecule has 38 heavy (non-hydrogen) atoms. The van der Waals surface area contributed by atoms with E-state index in [0.29, 0.717) is 10.6 Å². The Morgan fingerprint density at radius 3 is 2.82 bits per heavy atom. The first kappa shape index (κ1) is 24.4. The van der Waals surface area contributed by atoms with Gasteiger partial charge >= 0.3 is 6.03 Å². The van der Waals surface area contributed by atoms with Gasteiger partial charge in [-0.1, -0.05) is 24.3 Å². The Bertz CT molecular complexity index is 1570. The van der Waals surface area contributed by atoms with E-state index in [1.165, 1.54) is 11.3 Å². The highest BCUT2D eigenvalue weighted by atomic mass is 32.1. The quantitative estimate of drug-likeness (QED) is 0.343. The number of hydrogen-bond donors (Lipinski definition) is 2. The Kier molecular flexibility index (Phi) is 6.25. The van der Waals surface area contributed by atoms with Gasteiger partial charge in [-0.05, 0) is 68.8 Å². The summed E-state index contributed by atoms with van der Waals surface area (Å²) in [6.45, 7) is 3.85. The molecule has 0 unspecified atom stereocenters. The molecule has 1 saturated heterocycles. The minimum absolute atomic E-state index is 0.0892. The van der Waals surface area contributed by atoms with E-state index < -0.39 is 0 Å². The zero-order valence-electron chi connectivity index (χ0n) is 21.6. The van der Waals surface area contributed by atoms with Gasteiger partial charge in [0.25, 0.3) is 5.91 Å². The first-order valence-electron chi connectivity index (χ1n) is 12.7. The molecule has 6 rings (SSSR count). The number of likely N-dealkylation sites (N-methyl/N-ethyl adjacent to an activating group) is 1. The molecule has 2 N–H and O–H groups in total. The fourth-order valence-electron chi connectivity index (χ4n) is 5.48. The molecule has 0 saturated carbocycles. The molecule has 1 atom stereocenters. The Balaban J connectivity index is 1.37. The topological polar surface area (TPSA) is 86.8 Å². The van der Waals surface area contributed by atoms with E-state index in [9.17, 15) is 9.59 Å². The number of hydrogen-bond acceptors (Lipinski definition) is 6. The molecular formula is C29H29N5O3S. The summed E-state index contributed by atoms with van der Waals surface area (Å²) in [6, 6.07) is 15.5. The summed E-state index contributed by atoms with van der Waals surface area (Å²) in [5.74, 6) is 0.625. The van der Waals surface area contributed by atoms with Crippen molar-refractivity contribution in [3.63, 3.8) is 0 Å². The van der Waals surface area contributed by atoms with Crippen LogP contribution in [-0.4, -0.2) is 55.1 Å². The lowest BCUT2D eigenvalue weighted by Crippen LogP contribution is -2.46. The number of piperidine rings is 1. The normalized spacial score (nSPS) is 17.4. The molecule has 194 valence electrons. The summed E-state index contributed by atoms with van der Waals surface area (Å²) in [7, 11) is 3.73. The number of thiophene rings is 1. The highest BCUT2D eigenvalue weighted by molar-refractivity contribution is 7.21. The number of nitrogens with one attached hydrogen (secondary N) is 2. The number of carbonyl (C=O) groups is 2.